The van der Waals surface area contributed by atoms with Gasteiger partial charge in [0, 0.05) is 38.3 Å². The van der Waals surface area contributed by atoms with Crippen molar-refractivity contribution in [3.63, 3.8) is 0 Å². The van der Waals surface area contributed by atoms with Crippen molar-refractivity contribution < 1.29 is 23.1 Å². The molecule has 0 aliphatic carbocycles. The first kappa shape index (κ1) is 18.2. The van der Waals surface area contributed by atoms with Crippen molar-refractivity contribution in [2.24, 2.45) is 5.92 Å². The summed E-state index contributed by atoms with van der Waals surface area (Å²) in [5.74, 6) is -1.82. The molecule has 0 spiro atoms. The Morgan fingerprint density at radius 1 is 1.38 bits per heavy atom. The van der Waals surface area contributed by atoms with E-state index < -0.39 is 17.7 Å². The third kappa shape index (κ3) is 4.43. The van der Waals surface area contributed by atoms with Gasteiger partial charge in [0.15, 0.2) is 0 Å². The van der Waals surface area contributed by atoms with Crippen molar-refractivity contribution in [1.29, 1.82) is 0 Å². The van der Waals surface area contributed by atoms with Gasteiger partial charge < -0.3 is 14.5 Å². The van der Waals surface area contributed by atoms with E-state index in [-0.39, 0.29) is 30.5 Å². The lowest BCUT2D eigenvalue weighted by atomic mass is 9.96. The Labute approximate surface area is 140 Å². The molecule has 1 saturated heterocycles. The van der Waals surface area contributed by atoms with Crippen LogP contribution in [-0.2, 0) is 16.1 Å². The van der Waals surface area contributed by atoms with Crippen LogP contribution in [0, 0.1) is 17.6 Å². The summed E-state index contributed by atoms with van der Waals surface area (Å²) in [6, 6.07) is 3.30. The van der Waals surface area contributed by atoms with Crippen molar-refractivity contribution in [3.8, 4) is 0 Å². The van der Waals surface area contributed by atoms with Crippen LogP contribution in [0.4, 0.5) is 13.6 Å². The number of halogens is 2. The molecule has 0 N–H and O–H groups in total. The Hall–Kier alpha value is -2.18. The van der Waals surface area contributed by atoms with E-state index in [1.165, 1.54) is 21.9 Å². The number of carbonyl (C=O) groups is 2. The Morgan fingerprint density at radius 2 is 2.12 bits per heavy atom. The molecule has 24 heavy (non-hydrogen) atoms. The zero-order chi connectivity index (χ0) is 17.7. The van der Waals surface area contributed by atoms with Crippen LogP contribution in [0.25, 0.3) is 0 Å². The molecule has 7 heteroatoms. The van der Waals surface area contributed by atoms with Crippen LogP contribution in [0.2, 0.25) is 0 Å². The van der Waals surface area contributed by atoms with Gasteiger partial charge in [-0.1, -0.05) is 6.07 Å². The monoisotopic (exact) mass is 340 g/mol. The van der Waals surface area contributed by atoms with Gasteiger partial charge in [-0.15, -0.1) is 0 Å². The molecule has 0 saturated carbocycles. The van der Waals surface area contributed by atoms with Crippen molar-refractivity contribution in [2.45, 2.75) is 26.3 Å². The largest absolute Gasteiger partial charge is 0.450 e. The van der Waals surface area contributed by atoms with E-state index in [0.29, 0.717) is 25.9 Å². The highest BCUT2D eigenvalue weighted by molar-refractivity contribution is 5.80. The zero-order valence-corrected chi connectivity index (χ0v) is 13.9. The zero-order valence-electron chi connectivity index (χ0n) is 13.9. The minimum atomic E-state index is -0.675. The first-order valence-corrected chi connectivity index (χ1v) is 8.03. The number of amides is 2. The maximum atomic E-state index is 13.7. The predicted molar refractivity (Wildman–Crippen MR) is 84.2 cm³/mol. The molecule has 1 unspecified atom stereocenters. The van der Waals surface area contributed by atoms with E-state index >= 15 is 0 Å². The summed E-state index contributed by atoms with van der Waals surface area (Å²) >= 11 is 0. The number of hydrogen-bond acceptors (Lipinski definition) is 3. The standard InChI is InChI=1S/C17H22F2N2O3/c1-3-24-17(23)21-8-4-5-13(11-21)16(22)20(2)10-12-6-7-14(18)9-15(12)19/h6-7,9,13H,3-5,8,10-11H2,1-2H3. The molecule has 1 atom stereocenters. The molecule has 0 bridgehead atoms. The van der Waals surface area contributed by atoms with Crippen molar-refractivity contribution >= 4 is 12.0 Å². The van der Waals surface area contributed by atoms with E-state index in [1.54, 1.807) is 14.0 Å². The summed E-state index contributed by atoms with van der Waals surface area (Å²) in [4.78, 5) is 27.3. The Morgan fingerprint density at radius 3 is 2.79 bits per heavy atom. The van der Waals surface area contributed by atoms with Gasteiger partial charge in [-0.05, 0) is 25.8 Å². The molecular formula is C17H22F2N2O3. The molecular weight excluding hydrogens is 318 g/mol. The van der Waals surface area contributed by atoms with Crippen LogP contribution in [0.1, 0.15) is 25.3 Å². The molecule has 132 valence electrons. The number of hydrogen-bond donors (Lipinski definition) is 0. The fourth-order valence-electron chi connectivity index (χ4n) is 2.85. The third-order valence-electron chi connectivity index (χ3n) is 4.10. The van der Waals surface area contributed by atoms with Crippen LogP contribution in [0.15, 0.2) is 18.2 Å². The molecule has 1 aromatic carbocycles. The topological polar surface area (TPSA) is 49.9 Å². The van der Waals surface area contributed by atoms with Gasteiger partial charge in [0.05, 0.1) is 12.5 Å². The summed E-state index contributed by atoms with van der Waals surface area (Å²) in [6.07, 6.45) is 0.973. The van der Waals surface area contributed by atoms with Crippen LogP contribution in [0.3, 0.4) is 0 Å². The highest BCUT2D eigenvalue weighted by Gasteiger charge is 2.31. The molecule has 1 aliphatic heterocycles. The minimum absolute atomic E-state index is 0.0564. The molecule has 2 amide bonds. The van der Waals surface area contributed by atoms with E-state index in [4.69, 9.17) is 4.74 Å². The second kappa shape index (κ2) is 8.08. The van der Waals surface area contributed by atoms with Gasteiger partial charge in [-0.25, -0.2) is 13.6 Å². The number of piperidine rings is 1. The van der Waals surface area contributed by atoms with Gasteiger partial charge in [0.25, 0.3) is 0 Å². The number of likely N-dealkylation sites (tertiary alicyclic amines) is 1. The number of ether oxygens (including phenoxy) is 1. The SMILES string of the molecule is CCOC(=O)N1CCCC(C(=O)N(C)Cc2ccc(F)cc2F)C1. The highest BCUT2D eigenvalue weighted by Crippen LogP contribution is 2.20. The maximum Gasteiger partial charge on any atom is 0.409 e. The summed E-state index contributed by atoms with van der Waals surface area (Å²) in [7, 11) is 1.58. The lowest BCUT2D eigenvalue weighted by molar-refractivity contribution is -0.136. The number of benzene rings is 1. The van der Waals surface area contributed by atoms with Gasteiger partial charge in [-0.3, -0.25) is 4.79 Å². The molecule has 1 aliphatic rings. The lowest BCUT2D eigenvalue weighted by Crippen LogP contribution is -2.46. The minimum Gasteiger partial charge on any atom is -0.450 e. The van der Waals surface area contributed by atoms with Crippen LogP contribution < -0.4 is 0 Å². The first-order chi connectivity index (χ1) is 11.4. The van der Waals surface area contributed by atoms with Gasteiger partial charge >= 0.3 is 6.09 Å². The van der Waals surface area contributed by atoms with Gasteiger partial charge in [-0.2, -0.15) is 0 Å². The summed E-state index contributed by atoms with van der Waals surface area (Å²) in [5, 5.41) is 0. The quantitative estimate of drug-likeness (QED) is 0.847. The Kier molecular flexibility index (Phi) is 6.11. The van der Waals surface area contributed by atoms with Gasteiger partial charge in [0.1, 0.15) is 11.6 Å². The van der Waals surface area contributed by atoms with Crippen LogP contribution in [-0.4, -0.2) is 48.5 Å². The van der Waals surface area contributed by atoms with E-state index in [0.717, 1.165) is 6.07 Å². The number of rotatable bonds is 4. The number of nitrogens with zero attached hydrogens (tertiary/aromatic N) is 2. The van der Waals surface area contributed by atoms with Crippen molar-refractivity contribution in [1.82, 2.24) is 9.80 Å². The van der Waals surface area contributed by atoms with Crippen molar-refractivity contribution in [2.75, 3.05) is 26.7 Å². The van der Waals surface area contributed by atoms with E-state index in [1.807, 2.05) is 0 Å². The van der Waals surface area contributed by atoms with Gasteiger partial charge in [0.2, 0.25) is 5.91 Å². The smallest absolute Gasteiger partial charge is 0.409 e. The van der Waals surface area contributed by atoms with E-state index in [2.05, 4.69) is 0 Å². The molecule has 0 radical (unpaired) electrons. The van der Waals surface area contributed by atoms with Crippen LogP contribution in [0.5, 0.6) is 0 Å². The average Bonchev–Trinajstić information content (AvgIpc) is 2.57. The second-order valence-electron chi connectivity index (χ2n) is 5.91. The lowest BCUT2D eigenvalue weighted by Gasteiger charge is -2.33. The molecule has 5 nitrogen and oxygen atoms in total. The highest BCUT2D eigenvalue weighted by atomic mass is 19.1. The molecule has 2 rings (SSSR count). The molecule has 1 fully saturated rings. The molecule has 0 aromatic heterocycles. The maximum absolute atomic E-state index is 13.7. The Bertz CT molecular complexity index is 609. The fraction of sp³-hybridized carbons (Fsp3) is 0.529. The van der Waals surface area contributed by atoms with Crippen molar-refractivity contribution in [3.05, 3.63) is 35.4 Å². The third-order valence-corrected chi connectivity index (χ3v) is 4.10. The van der Waals surface area contributed by atoms with Crippen LogP contribution >= 0.6 is 0 Å². The predicted octanol–water partition coefficient (Wildman–Crippen LogP) is 2.79. The summed E-state index contributed by atoms with van der Waals surface area (Å²) < 4.78 is 31.6. The Balaban J connectivity index is 1.98. The summed E-state index contributed by atoms with van der Waals surface area (Å²) in [6.45, 7) is 2.95. The molecule has 1 heterocycles. The first-order valence-electron chi connectivity index (χ1n) is 8.03. The summed E-state index contributed by atoms with van der Waals surface area (Å²) in [5.41, 5.74) is 0.255. The normalized spacial score (nSPS) is 17.5. The second-order valence-corrected chi connectivity index (χ2v) is 5.91. The molecule has 1 aromatic rings. The van der Waals surface area contributed by atoms with E-state index in [9.17, 15) is 18.4 Å². The average molecular weight is 340 g/mol. The number of carbonyl (C=O) groups excluding carboxylic acids is 2. The fourth-order valence-corrected chi connectivity index (χ4v) is 2.85.